The average Bonchev–Trinajstić information content (AvgIpc) is 3.23. The number of aromatic hydroxyl groups is 1. The molecule has 3 heterocycles. The van der Waals surface area contributed by atoms with Crippen LogP contribution in [0.3, 0.4) is 0 Å². The van der Waals surface area contributed by atoms with Crippen LogP contribution in [0.2, 0.25) is 0 Å². The first-order valence-corrected chi connectivity index (χ1v) is 9.50. The van der Waals surface area contributed by atoms with Gasteiger partial charge in [-0.3, -0.25) is 4.79 Å². The number of aromatic nitrogens is 1. The van der Waals surface area contributed by atoms with E-state index in [9.17, 15) is 9.90 Å². The number of anilines is 1. The maximum absolute atomic E-state index is 13.1. The van der Waals surface area contributed by atoms with Crippen LogP contribution in [0.4, 0.5) is 5.82 Å². The van der Waals surface area contributed by atoms with Gasteiger partial charge in [-0.15, -0.1) is 0 Å². The van der Waals surface area contributed by atoms with Gasteiger partial charge in [0.25, 0.3) is 5.91 Å². The highest BCUT2D eigenvalue weighted by atomic mass is 16.3. The summed E-state index contributed by atoms with van der Waals surface area (Å²) in [4.78, 5) is 21.8. The first-order chi connectivity index (χ1) is 12.7. The number of carbonyl (C=O) groups excluding carboxylic acids is 1. The van der Waals surface area contributed by atoms with Crippen molar-refractivity contribution in [3.63, 3.8) is 0 Å². The molecule has 2 saturated heterocycles. The Morgan fingerprint density at radius 1 is 1.00 bits per heavy atom. The van der Waals surface area contributed by atoms with E-state index in [1.165, 1.54) is 18.4 Å². The van der Waals surface area contributed by atoms with Crippen molar-refractivity contribution in [3.8, 4) is 5.75 Å². The first-order valence-electron chi connectivity index (χ1n) is 9.50. The van der Waals surface area contributed by atoms with Crippen molar-refractivity contribution in [1.82, 2.24) is 9.88 Å². The molecule has 5 heteroatoms. The topological polar surface area (TPSA) is 56.7 Å². The molecule has 2 aliphatic heterocycles. The first kappa shape index (κ1) is 16.9. The van der Waals surface area contributed by atoms with E-state index < -0.39 is 0 Å². The van der Waals surface area contributed by atoms with E-state index in [4.69, 9.17) is 0 Å². The minimum Gasteiger partial charge on any atom is -0.508 e. The van der Waals surface area contributed by atoms with Crippen LogP contribution in [0.1, 0.15) is 47.5 Å². The van der Waals surface area contributed by atoms with Crippen LogP contribution in [-0.2, 0) is 0 Å². The Labute approximate surface area is 154 Å². The van der Waals surface area contributed by atoms with Crippen LogP contribution in [0.5, 0.6) is 5.75 Å². The lowest BCUT2D eigenvalue weighted by atomic mass is 9.89. The fourth-order valence-corrected chi connectivity index (χ4v) is 4.08. The molecule has 0 radical (unpaired) electrons. The number of pyridine rings is 1. The van der Waals surface area contributed by atoms with Gasteiger partial charge in [-0.1, -0.05) is 12.1 Å². The predicted octanol–water partition coefficient (Wildman–Crippen LogP) is 3.41. The van der Waals surface area contributed by atoms with Crippen LogP contribution < -0.4 is 4.90 Å². The van der Waals surface area contributed by atoms with E-state index in [2.05, 4.69) is 9.88 Å². The largest absolute Gasteiger partial charge is 0.508 e. The second-order valence-corrected chi connectivity index (χ2v) is 7.23. The van der Waals surface area contributed by atoms with Crippen LogP contribution in [0.15, 0.2) is 42.6 Å². The minimum atomic E-state index is 0.101. The SMILES string of the molecule is O=C(c1cccnc1N1CCCC1)N1CCC(c2ccc(O)cc2)CC1. The van der Waals surface area contributed by atoms with E-state index in [0.29, 0.717) is 11.7 Å². The number of likely N-dealkylation sites (tertiary alicyclic amines) is 1. The number of phenolic OH excluding ortho intramolecular Hbond substituents is 1. The molecule has 1 aromatic carbocycles. The van der Waals surface area contributed by atoms with Crippen molar-refractivity contribution in [2.45, 2.75) is 31.6 Å². The molecule has 4 rings (SSSR count). The molecule has 0 saturated carbocycles. The van der Waals surface area contributed by atoms with Gasteiger partial charge in [0, 0.05) is 32.4 Å². The Morgan fingerprint density at radius 3 is 2.38 bits per heavy atom. The molecule has 1 amide bonds. The molecule has 1 N–H and O–H groups in total. The van der Waals surface area contributed by atoms with Crippen molar-refractivity contribution in [2.24, 2.45) is 0 Å². The lowest BCUT2D eigenvalue weighted by Gasteiger charge is -2.33. The Balaban J connectivity index is 1.45. The Morgan fingerprint density at radius 2 is 1.69 bits per heavy atom. The minimum absolute atomic E-state index is 0.101. The number of phenols is 1. The standard InChI is InChI=1S/C21H25N3O2/c25-18-7-5-16(6-8-18)17-9-14-24(15-10-17)21(26)19-4-3-11-22-20(19)23-12-1-2-13-23/h3-8,11,17,25H,1-2,9-10,12-15H2. The predicted molar refractivity (Wildman–Crippen MR) is 102 cm³/mol. The highest BCUT2D eigenvalue weighted by Gasteiger charge is 2.28. The lowest BCUT2D eigenvalue weighted by molar-refractivity contribution is 0.0713. The number of piperidine rings is 1. The van der Waals surface area contributed by atoms with Gasteiger partial charge in [-0.2, -0.15) is 0 Å². The normalized spacial score (nSPS) is 18.3. The summed E-state index contributed by atoms with van der Waals surface area (Å²) in [5.74, 6) is 1.69. The molecule has 0 spiro atoms. The molecule has 2 aromatic rings. The zero-order valence-corrected chi connectivity index (χ0v) is 15.0. The maximum Gasteiger partial charge on any atom is 0.257 e. The van der Waals surface area contributed by atoms with Crippen molar-refractivity contribution >= 4 is 11.7 Å². The fourth-order valence-electron chi connectivity index (χ4n) is 4.08. The van der Waals surface area contributed by atoms with Crippen molar-refractivity contribution in [3.05, 3.63) is 53.7 Å². The highest BCUT2D eigenvalue weighted by molar-refractivity contribution is 5.99. The van der Waals surface area contributed by atoms with Gasteiger partial charge in [-0.05, 0) is 61.4 Å². The van der Waals surface area contributed by atoms with E-state index in [1.807, 2.05) is 29.2 Å². The van der Waals surface area contributed by atoms with Crippen molar-refractivity contribution in [2.75, 3.05) is 31.1 Å². The van der Waals surface area contributed by atoms with E-state index in [0.717, 1.165) is 50.4 Å². The zero-order valence-electron chi connectivity index (χ0n) is 15.0. The number of amides is 1. The number of carbonyl (C=O) groups is 1. The third kappa shape index (κ3) is 3.39. The summed E-state index contributed by atoms with van der Waals surface area (Å²) < 4.78 is 0. The van der Waals surface area contributed by atoms with E-state index >= 15 is 0 Å². The molecule has 136 valence electrons. The lowest BCUT2D eigenvalue weighted by Crippen LogP contribution is -2.38. The van der Waals surface area contributed by atoms with Gasteiger partial charge in [-0.25, -0.2) is 4.98 Å². The summed E-state index contributed by atoms with van der Waals surface area (Å²) in [5, 5.41) is 9.45. The van der Waals surface area contributed by atoms with Crippen LogP contribution >= 0.6 is 0 Å². The van der Waals surface area contributed by atoms with Crippen molar-refractivity contribution in [1.29, 1.82) is 0 Å². The fraction of sp³-hybridized carbons (Fsp3) is 0.429. The summed E-state index contributed by atoms with van der Waals surface area (Å²) in [6.07, 6.45) is 6.03. The molecular weight excluding hydrogens is 326 g/mol. The molecular formula is C21H25N3O2. The molecule has 0 aliphatic carbocycles. The summed E-state index contributed by atoms with van der Waals surface area (Å²) in [6.45, 7) is 3.50. The van der Waals surface area contributed by atoms with Gasteiger partial charge in [0.2, 0.25) is 0 Å². The third-order valence-electron chi connectivity index (χ3n) is 5.57. The van der Waals surface area contributed by atoms with Gasteiger partial charge in [0.05, 0.1) is 5.56 Å². The van der Waals surface area contributed by atoms with Gasteiger partial charge in [0.1, 0.15) is 11.6 Å². The monoisotopic (exact) mass is 351 g/mol. The molecule has 2 fully saturated rings. The molecule has 0 bridgehead atoms. The molecule has 2 aliphatic rings. The van der Waals surface area contributed by atoms with Crippen LogP contribution in [0, 0.1) is 0 Å². The van der Waals surface area contributed by atoms with Crippen molar-refractivity contribution < 1.29 is 9.90 Å². The number of hydrogen-bond acceptors (Lipinski definition) is 4. The molecule has 5 nitrogen and oxygen atoms in total. The van der Waals surface area contributed by atoms with Gasteiger partial charge in [0.15, 0.2) is 0 Å². The van der Waals surface area contributed by atoms with Gasteiger partial charge < -0.3 is 14.9 Å². The molecule has 26 heavy (non-hydrogen) atoms. The zero-order chi connectivity index (χ0) is 17.9. The second kappa shape index (κ2) is 7.36. The summed E-state index contributed by atoms with van der Waals surface area (Å²) >= 11 is 0. The maximum atomic E-state index is 13.1. The Bertz CT molecular complexity index is 761. The summed E-state index contributed by atoms with van der Waals surface area (Å²) in [6, 6.07) is 11.2. The van der Waals surface area contributed by atoms with E-state index in [-0.39, 0.29) is 5.91 Å². The second-order valence-electron chi connectivity index (χ2n) is 7.23. The number of benzene rings is 1. The smallest absolute Gasteiger partial charge is 0.257 e. The molecule has 0 atom stereocenters. The molecule has 1 aromatic heterocycles. The Kier molecular flexibility index (Phi) is 4.78. The van der Waals surface area contributed by atoms with Crippen LogP contribution in [-0.4, -0.2) is 47.1 Å². The summed E-state index contributed by atoms with van der Waals surface area (Å²) in [5.41, 5.74) is 1.98. The third-order valence-corrected chi connectivity index (χ3v) is 5.57. The number of hydrogen-bond donors (Lipinski definition) is 1. The highest BCUT2D eigenvalue weighted by Crippen LogP contribution is 2.31. The average molecular weight is 351 g/mol. The summed E-state index contributed by atoms with van der Waals surface area (Å²) in [7, 11) is 0. The number of nitrogens with zero attached hydrogens (tertiary/aromatic N) is 3. The van der Waals surface area contributed by atoms with Gasteiger partial charge >= 0.3 is 0 Å². The Hall–Kier alpha value is -2.56. The quantitative estimate of drug-likeness (QED) is 0.921. The van der Waals surface area contributed by atoms with E-state index in [1.54, 1.807) is 18.3 Å². The number of rotatable bonds is 3. The molecule has 0 unspecified atom stereocenters. The van der Waals surface area contributed by atoms with Crippen LogP contribution in [0.25, 0.3) is 0 Å².